The fraction of sp³-hybridized carbons (Fsp3) is 0.500. The third-order valence-corrected chi connectivity index (χ3v) is 3.95. The first-order chi connectivity index (χ1) is 7.77. The van der Waals surface area contributed by atoms with Gasteiger partial charge in [-0.25, -0.2) is 23.2 Å². The van der Waals surface area contributed by atoms with Gasteiger partial charge >= 0.3 is 5.97 Å². The minimum Gasteiger partial charge on any atom is -0.478 e. The van der Waals surface area contributed by atoms with Gasteiger partial charge in [0, 0.05) is 12.5 Å². The van der Waals surface area contributed by atoms with Crippen molar-refractivity contribution in [1.29, 1.82) is 0 Å². The Morgan fingerprint density at radius 2 is 2.12 bits per heavy atom. The highest BCUT2D eigenvalue weighted by molar-refractivity contribution is 7.90. The van der Waals surface area contributed by atoms with E-state index in [4.69, 9.17) is 5.11 Å². The Balaban J connectivity index is 3.28. The highest BCUT2D eigenvalue weighted by atomic mass is 32.2. The number of carboxylic acid groups (broad SMARTS) is 1. The molecule has 94 valence electrons. The van der Waals surface area contributed by atoms with Crippen LogP contribution in [-0.2, 0) is 16.3 Å². The van der Waals surface area contributed by atoms with Crippen LogP contribution >= 0.6 is 0 Å². The molecule has 7 heteroatoms. The molecule has 0 aliphatic rings. The molecule has 17 heavy (non-hydrogen) atoms. The van der Waals surface area contributed by atoms with E-state index >= 15 is 0 Å². The summed E-state index contributed by atoms with van der Waals surface area (Å²) in [6, 6.07) is 0. The van der Waals surface area contributed by atoms with Crippen molar-refractivity contribution in [2.45, 2.75) is 25.5 Å². The number of carbonyl (C=O) groups is 1. The maximum absolute atomic E-state index is 11.4. The van der Waals surface area contributed by atoms with Gasteiger partial charge in [-0.3, -0.25) is 0 Å². The summed E-state index contributed by atoms with van der Waals surface area (Å²) in [7, 11) is -3.29. The van der Waals surface area contributed by atoms with Crippen molar-refractivity contribution in [3.63, 3.8) is 0 Å². The molecule has 0 spiro atoms. The number of aromatic carboxylic acids is 1. The van der Waals surface area contributed by atoms with Gasteiger partial charge in [-0.05, 0) is 13.3 Å². The molecule has 1 heterocycles. The van der Waals surface area contributed by atoms with Crippen molar-refractivity contribution >= 4 is 15.8 Å². The van der Waals surface area contributed by atoms with Gasteiger partial charge in [-0.1, -0.05) is 6.92 Å². The third kappa shape index (κ3) is 3.00. The molecule has 0 radical (unpaired) electrons. The standard InChI is InChI=1S/C10H14N2O4S/c1-4-8-7(10(13)14)5-11-9(12-8)6(2)17(3,15)16/h5-6H,4H2,1-3H3,(H,13,14). The van der Waals surface area contributed by atoms with Crippen LogP contribution in [0, 0.1) is 0 Å². The van der Waals surface area contributed by atoms with Crippen LogP contribution in [0.2, 0.25) is 0 Å². The molecule has 1 N–H and O–H groups in total. The quantitative estimate of drug-likeness (QED) is 0.859. The van der Waals surface area contributed by atoms with Crippen LogP contribution in [0.25, 0.3) is 0 Å². The number of sulfone groups is 1. The Morgan fingerprint density at radius 3 is 2.53 bits per heavy atom. The van der Waals surface area contributed by atoms with E-state index in [-0.39, 0.29) is 11.4 Å². The lowest BCUT2D eigenvalue weighted by atomic mass is 10.2. The van der Waals surface area contributed by atoms with Crippen molar-refractivity contribution < 1.29 is 18.3 Å². The van der Waals surface area contributed by atoms with E-state index in [1.54, 1.807) is 6.92 Å². The van der Waals surface area contributed by atoms with E-state index in [0.29, 0.717) is 12.1 Å². The van der Waals surface area contributed by atoms with Crippen LogP contribution in [-0.4, -0.2) is 35.7 Å². The summed E-state index contributed by atoms with van der Waals surface area (Å²) in [6.45, 7) is 3.23. The number of aromatic nitrogens is 2. The van der Waals surface area contributed by atoms with Gasteiger partial charge < -0.3 is 5.11 Å². The first-order valence-electron chi connectivity index (χ1n) is 5.05. The SMILES string of the molecule is CCc1nc(C(C)S(C)(=O)=O)ncc1C(=O)O. The van der Waals surface area contributed by atoms with Crippen LogP contribution in [0.5, 0.6) is 0 Å². The van der Waals surface area contributed by atoms with Crippen LogP contribution in [0.4, 0.5) is 0 Å². The molecular formula is C10H14N2O4S. The third-order valence-electron chi connectivity index (χ3n) is 2.46. The Labute approximate surface area is 99.6 Å². The van der Waals surface area contributed by atoms with Crippen molar-refractivity contribution in [1.82, 2.24) is 9.97 Å². The largest absolute Gasteiger partial charge is 0.478 e. The van der Waals surface area contributed by atoms with Gasteiger partial charge in [0.2, 0.25) is 0 Å². The molecule has 0 amide bonds. The predicted octanol–water partition coefficient (Wildman–Crippen LogP) is 0.843. The molecule has 0 fully saturated rings. The van der Waals surface area contributed by atoms with E-state index in [1.165, 1.54) is 6.92 Å². The summed E-state index contributed by atoms with van der Waals surface area (Å²) in [4.78, 5) is 18.7. The zero-order valence-corrected chi connectivity index (χ0v) is 10.7. The summed E-state index contributed by atoms with van der Waals surface area (Å²) in [5, 5.41) is 8.05. The fourth-order valence-corrected chi connectivity index (χ4v) is 1.76. The summed E-state index contributed by atoms with van der Waals surface area (Å²) >= 11 is 0. The smallest absolute Gasteiger partial charge is 0.339 e. The number of carboxylic acids is 1. The Morgan fingerprint density at radius 1 is 1.53 bits per heavy atom. The molecule has 1 atom stereocenters. The van der Waals surface area contributed by atoms with Gasteiger partial charge in [0.25, 0.3) is 0 Å². The average Bonchev–Trinajstić information content (AvgIpc) is 2.25. The summed E-state index contributed by atoms with van der Waals surface area (Å²) < 4.78 is 22.7. The van der Waals surface area contributed by atoms with E-state index in [1.807, 2.05) is 0 Å². The molecule has 1 aromatic heterocycles. The molecule has 6 nitrogen and oxygen atoms in total. The highest BCUT2D eigenvalue weighted by Gasteiger charge is 2.22. The van der Waals surface area contributed by atoms with Gasteiger partial charge in [-0.15, -0.1) is 0 Å². The minimum atomic E-state index is -3.29. The Hall–Kier alpha value is -1.50. The van der Waals surface area contributed by atoms with Crippen LogP contribution in [0.1, 0.15) is 41.0 Å². The Kier molecular flexibility index (Phi) is 3.82. The molecule has 1 rings (SSSR count). The van der Waals surface area contributed by atoms with E-state index in [2.05, 4.69) is 9.97 Å². The fourth-order valence-electron chi connectivity index (χ4n) is 1.27. The topological polar surface area (TPSA) is 97.2 Å². The molecule has 0 aliphatic heterocycles. The second kappa shape index (κ2) is 4.79. The lowest BCUT2D eigenvalue weighted by molar-refractivity contribution is 0.0694. The minimum absolute atomic E-state index is 0.0111. The Bertz CT molecular complexity index is 539. The monoisotopic (exact) mass is 258 g/mol. The van der Waals surface area contributed by atoms with Crippen LogP contribution < -0.4 is 0 Å². The van der Waals surface area contributed by atoms with E-state index < -0.39 is 21.1 Å². The second-order valence-electron chi connectivity index (χ2n) is 3.72. The van der Waals surface area contributed by atoms with Gasteiger partial charge in [-0.2, -0.15) is 0 Å². The molecule has 1 aromatic rings. The zero-order chi connectivity index (χ0) is 13.2. The van der Waals surface area contributed by atoms with Crippen molar-refractivity contribution in [2.24, 2.45) is 0 Å². The molecule has 1 unspecified atom stereocenters. The number of rotatable bonds is 4. The van der Waals surface area contributed by atoms with Crippen molar-refractivity contribution in [2.75, 3.05) is 6.26 Å². The first-order valence-corrected chi connectivity index (χ1v) is 7.00. The number of aryl methyl sites for hydroxylation is 1. The van der Waals surface area contributed by atoms with Gasteiger partial charge in [0.1, 0.15) is 11.1 Å². The normalized spacial score (nSPS) is 13.4. The molecule has 0 bridgehead atoms. The van der Waals surface area contributed by atoms with E-state index in [9.17, 15) is 13.2 Å². The first kappa shape index (κ1) is 13.6. The van der Waals surface area contributed by atoms with Crippen LogP contribution in [0.15, 0.2) is 6.20 Å². The van der Waals surface area contributed by atoms with Crippen molar-refractivity contribution in [3.05, 3.63) is 23.3 Å². The summed E-state index contributed by atoms with van der Waals surface area (Å²) in [6.07, 6.45) is 2.66. The predicted molar refractivity (Wildman–Crippen MR) is 61.6 cm³/mol. The van der Waals surface area contributed by atoms with Gasteiger partial charge in [0.15, 0.2) is 9.84 Å². The van der Waals surface area contributed by atoms with E-state index in [0.717, 1.165) is 12.5 Å². The summed E-state index contributed by atoms with van der Waals surface area (Å²) in [5.74, 6) is -0.977. The molecule has 0 aromatic carbocycles. The number of hydrogen-bond donors (Lipinski definition) is 1. The molecule has 0 saturated carbocycles. The maximum atomic E-state index is 11.4. The average molecular weight is 258 g/mol. The molecular weight excluding hydrogens is 244 g/mol. The number of hydrogen-bond acceptors (Lipinski definition) is 5. The van der Waals surface area contributed by atoms with Gasteiger partial charge in [0.05, 0.1) is 11.3 Å². The second-order valence-corrected chi connectivity index (χ2v) is 6.09. The highest BCUT2D eigenvalue weighted by Crippen LogP contribution is 2.18. The lowest BCUT2D eigenvalue weighted by Gasteiger charge is -2.10. The maximum Gasteiger partial charge on any atom is 0.339 e. The molecule has 0 aliphatic carbocycles. The lowest BCUT2D eigenvalue weighted by Crippen LogP contribution is -2.15. The summed E-state index contributed by atoms with van der Waals surface area (Å²) in [5.41, 5.74) is 0.356. The number of nitrogens with zero attached hydrogens (tertiary/aromatic N) is 2. The van der Waals surface area contributed by atoms with Crippen molar-refractivity contribution in [3.8, 4) is 0 Å². The molecule has 0 saturated heterocycles. The zero-order valence-electron chi connectivity index (χ0n) is 9.84. The van der Waals surface area contributed by atoms with Crippen LogP contribution in [0.3, 0.4) is 0 Å².